The van der Waals surface area contributed by atoms with Crippen LogP contribution in [0, 0.1) is 0 Å². The quantitative estimate of drug-likeness (QED) is 0.546. The molecule has 1 rings (SSSR count). The highest BCUT2D eigenvalue weighted by molar-refractivity contribution is 6.30. The van der Waals surface area contributed by atoms with Gasteiger partial charge in [-0.1, -0.05) is 11.6 Å². The summed E-state index contributed by atoms with van der Waals surface area (Å²) in [6, 6.07) is 1.62. The molecule has 0 atom stereocenters. The number of nitrogens with zero attached hydrogens (tertiary/aromatic N) is 1. The summed E-state index contributed by atoms with van der Waals surface area (Å²) in [6.07, 6.45) is 2.46. The normalized spacial score (nSPS) is 9.56. The summed E-state index contributed by atoms with van der Waals surface area (Å²) in [7, 11) is 1.77. The third-order valence-electron chi connectivity index (χ3n) is 1.13. The molecule has 0 aliphatic carbocycles. The number of aryl methyl sites for hydroxylation is 1. The van der Waals surface area contributed by atoms with Gasteiger partial charge in [-0.3, -0.25) is 4.79 Å². The van der Waals surface area contributed by atoms with Gasteiger partial charge in [0.2, 0.25) is 0 Å². The van der Waals surface area contributed by atoms with Gasteiger partial charge in [-0.15, -0.1) is 0 Å². The van der Waals surface area contributed by atoms with E-state index in [0.29, 0.717) is 10.7 Å². The van der Waals surface area contributed by atoms with Crippen molar-refractivity contribution >= 4 is 17.9 Å². The van der Waals surface area contributed by atoms with E-state index in [1.54, 1.807) is 23.9 Å². The lowest BCUT2D eigenvalue weighted by molar-refractivity contribution is 0.111. The third kappa shape index (κ3) is 1.13. The molecule has 0 unspecified atom stereocenters. The van der Waals surface area contributed by atoms with Crippen LogP contribution in [-0.2, 0) is 7.05 Å². The molecule has 0 N–H and O–H groups in total. The molecule has 0 aliphatic heterocycles. The molecule has 0 spiro atoms. The van der Waals surface area contributed by atoms with E-state index in [1.807, 2.05) is 0 Å². The molecule has 1 heterocycles. The molecule has 0 saturated carbocycles. The Morgan fingerprint density at radius 2 is 2.44 bits per heavy atom. The van der Waals surface area contributed by atoms with Crippen molar-refractivity contribution < 1.29 is 4.79 Å². The zero-order chi connectivity index (χ0) is 6.85. The molecule has 2 nitrogen and oxygen atoms in total. The average Bonchev–Trinajstić information content (AvgIpc) is 2.10. The van der Waals surface area contributed by atoms with Gasteiger partial charge >= 0.3 is 0 Å². The van der Waals surface area contributed by atoms with Crippen molar-refractivity contribution in [1.29, 1.82) is 0 Å². The first kappa shape index (κ1) is 6.36. The highest BCUT2D eigenvalue weighted by atomic mass is 35.5. The molecule has 48 valence electrons. The molecular weight excluding hydrogens is 138 g/mol. The van der Waals surface area contributed by atoms with Crippen molar-refractivity contribution in [2.45, 2.75) is 0 Å². The van der Waals surface area contributed by atoms with Crippen molar-refractivity contribution in [3.8, 4) is 0 Å². The Bertz CT molecular complexity index is 229. The fourth-order valence-electron chi connectivity index (χ4n) is 0.657. The van der Waals surface area contributed by atoms with Gasteiger partial charge < -0.3 is 4.57 Å². The molecular formula is C6H6ClNO. The number of hydrogen-bond donors (Lipinski definition) is 0. The maximum atomic E-state index is 10.2. The first-order chi connectivity index (χ1) is 4.24. The van der Waals surface area contributed by atoms with Crippen molar-refractivity contribution in [3.63, 3.8) is 0 Å². The van der Waals surface area contributed by atoms with E-state index in [0.717, 1.165) is 6.29 Å². The molecule has 3 heteroatoms. The van der Waals surface area contributed by atoms with Crippen molar-refractivity contribution in [3.05, 3.63) is 23.0 Å². The molecule has 1 aromatic heterocycles. The van der Waals surface area contributed by atoms with Crippen LogP contribution in [0.2, 0.25) is 5.02 Å². The first-order valence-electron chi connectivity index (χ1n) is 2.51. The number of aromatic nitrogens is 1. The largest absolute Gasteiger partial charge is 0.347 e. The summed E-state index contributed by atoms with van der Waals surface area (Å²) in [5.74, 6) is 0. The first-order valence-corrected chi connectivity index (χ1v) is 2.89. The molecule has 0 fully saturated rings. The Labute approximate surface area is 58.0 Å². The van der Waals surface area contributed by atoms with Crippen LogP contribution in [0.1, 0.15) is 10.5 Å². The number of carbonyl (C=O) groups is 1. The lowest BCUT2D eigenvalue weighted by atomic mass is 10.5. The summed E-state index contributed by atoms with van der Waals surface area (Å²) in [5.41, 5.74) is 0.597. The third-order valence-corrected chi connectivity index (χ3v) is 1.34. The zero-order valence-electron chi connectivity index (χ0n) is 4.97. The van der Waals surface area contributed by atoms with E-state index in [9.17, 15) is 4.79 Å². The van der Waals surface area contributed by atoms with Crippen LogP contribution in [0.3, 0.4) is 0 Å². The summed E-state index contributed by atoms with van der Waals surface area (Å²) in [6.45, 7) is 0. The van der Waals surface area contributed by atoms with Gasteiger partial charge in [0.15, 0.2) is 6.29 Å². The van der Waals surface area contributed by atoms with Crippen LogP contribution in [0.25, 0.3) is 0 Å². The minimum Gasteiger partial charge on any atom is -0.347 e. The second-order valence-corrected chi connectivity index (χ2v) is 2.25. The Kier molecular flexibility index (Phi) is 1.58. The molecule has 0 aliphatic rings. The van der Waals surface area contributed by atoms with E-state index in [-0.39, 0.29) is 0 Å². The van der Waals surface area contributed by atoms with E-state index >= 15 is 0 Å². The molecule has 0 aromatic carbocycles. The predicted octanol–water partition coefficient (Wildman–Crippen LogP) is 1.49. The van der Waals surface area contributed by atoms with Crippen molar-refractivity contribution in [1.82, 2.24) is 4.57 Å². The highest BCUT2D eigenvalue weighted by Crippen LogP contribution is 2.10. The van der Waals surface area contributed by atoms with Crippen molar-refractivity contribution in [2.24, 2.45) is 7.05 Å². The lowest BCUT2D eigenvalue weighted by Gasteiger charge is -1.88. The minimum absolute atomic E-state index is 0.597. The Morgan fingerprint density at radius 3 is 2.67 bits per heavy atom. The van der Waals surface area contributed by atoms with Crippen LogP contribution in [0.4, 0.5) is 0 Å². The van der Waals surface area contributed by atoms with Crippen LogP contribution >= 0.6 is 11.6 Å². The molecule has 0 bridgehead atoms. The summed E-state index contributed by atoms with van der Waals surface area (Å²) >= 11 is 5.56. The fraction of sp³-hybridized carbons (Fsp3) is 0.167. The molecule has 0 saturated heterocycles. The van der Waals surface area contributed by atoms with Crippen LogP contribution in [0.15, 0.2) is 12.3 Å². The van der Waals surface area contributed by atoms with Gasteiger partial charge in [-0.25, -0.2) is 0 Å². The molecule has 1 aromatic rings. The minimum atomic E-state index is 0.597. The standard InChI is InChI=1S/C6H6ClNO/c1-8-3-5(7)2-6(8)4-9/h2-4H,1H3. The SMILES string of the molecule is Cn1cc(Cl)cc1C=O. The van der Waals surface area contributed by atoms with Crippen molar-refractivity contribution in [2.75, 3.05) is 0 Å². The second-order valence-electron chi connectivity index (χ2n) is 1.81. The van der Waals surface area contributed by atoms with Gasteiger partial charge in [0.05, 0.1) is 10.7 Å². The van der Waals surface area contributed by atoms with Crippen LogP contribution in [-0.4, -0.2) is 10.9 Å². The van der Waals surface area contributed by atoms with Gasteiger partial charge in [-0.2, -0.15) is 0 Å². The fourth-order valence-corrected chi connectivity index (χ4v) is 0.915. The number of halogens is 1. The van der Waals surface area contributed by atoms with Crippen LogP contribution < -0.4 is 0 Å². The van der Waals surface area contributed by atoms with E-state index < -0.39 is 0 Å². The maximum Gasteiger partial charge on any atom is 0.166 e. The maximum absolute atomic E-state index is 10.2. The van der Waals surface area contributed by atoms with Gasteiger partial charge in [0, 0.05) is 13.2 Å². The summed E-state index contributed by atoms with van der Waals surface area (Å²) < 4.78 is 1.68. The van der Waals surface area contributed by atoms with E-state index in [2.05, 4.69) is 0 Å². The zero-order valence-corrected chi connectivity index (χ0v) is 5.72. The number of carbonyl (C=O) groups excluding carboxylic acids is 1. The monoisotopic (exact) mass is 143 g/mol. The van der Waals surface area contributed by atoms with Gasteiger partial charge in [-0.05, 0) is 6.07 Å². The molecule has 9 heavy (non-hydrogen) atoms. The number of rotatable bonds is 1. The summed E-state index contributed by atoms with van der Waals surface area (Å²) in [5, 5.41) is 0.597. The van der Waals surface area contributed by atoms with Gasteiger partial charge in [0.25, 0.3) is 0 Å². The average molecular weight is 144 g/mol. The Morgan fingerprint density at radius 1 is 1.78 bits per heavy atom. The topological polar surface area (TPSA) is 22.0 Å². The Hall–Kier alpha value is -0.760. The van der Waals surface area contributed by atoms with E-state index in [4.69, 9.17) is 11.6 Å². The van der Waals surface area contributed by atoms with Gasteiger partial charge in [0.1, 0.15) is 0 Å². The second kappa shape index (κ2) is 2.23. The molecule has 0 radical (unpaired) electrons. The lowest BCUT2D eigenvalue weighted by Crippen LogP contribution is -1.90. The smallest absolute Gasteiger partial charge is 0.166 e. The number of hydrogen-bond acceptors (Lipinski definition) is 1. The molecule has 0 amide bonds. The predicted molar refractivity (Wildman–Crippen MR) is 35.8 cm³/mol. The van der Waals surface area contributed by atoms with Crippen LogP contribution in [0.5, 0.6) is 0 Å². The number of aldehydes is 1. The summed E-state index contributed by atoms with van der Waals surface area (Å²) in [4.78, 5) is 10.2. The Balaban J connectivity index is 3.15. The highest BCUT2D eigenvalue weighted by Gasteiger charge is 1.96. The van der Waals surface area contributed by atoms with E-state index in [1.165, 1.54) is 0 Å².